The summed E-state index contributed by atoms with van der Waals surface area (Å²) in [5.74, 6) is -0.624. The van der Waals surface area contributed by atoms with Gasteiger partial charge in [0.15, 0.2) is 5.78 Å². The molecule has 1 atom stereocenters. The number of para-hydroxylation sites is 2. The summed E-state index contributed by atoms with van der Waals surface area (Å²) in [5, 5.41) is 13.6. The number of Topliss-reactive ketones (excluding diaryl/α,β-unsaturated/α-hetero) is 1. The topological polar surface area (TPSA) is 106 Å². The van der Waals surface area contributed by atoms with Crippen LogP contribution >= 0.6 is 23.2 Å². The fraction of sp³-hybridized carbons (Fsp3) is 0.259. The molecule has 1 aliphatic rings. The number of methoxy groups -OCH3 is 1. The van der Waals surface area contributed by atoms with E-state index in [0.29, 0.717) is 17.0 Å². The van der Waals surface area contributed by atoms with Gasteiger partial charge in [0.25, 0.3) is 0 Å². The monoisotopic (exact) mass is 538 g/mol. The number of nitrogens with zero attached hydrogens (tertiary/aromatic N) is 3. The molecule has 0 spiro atoms. The van der Waals surface area contributed by atoms with Crippen molar-refractivity contribution in [3.63, 3.8) is 0 Å². The zero-order valence-corrected chi connectivity index (χ0v) is 21.5. The molecule has 4 aromatic rings. The van der Waals surface area contributed by atoms with Crippen LogP contribution in [0, 0.1) is 5.92 Å². The summed E-state index contributed by atoms with van der Waals surface area (Å²) >= 11 is 12.4. The number of anilines is 1. The van der Waals surface area contributed by atoms with Crippen LogP contribution in [0.4, 0.5) is 5.69 Å². The van der Waals surface area contributed by atoms with Crippen LogP contribution in [0.3, 0.4) is 0 Å². The van der Waals surface area contributed by atoms with Crippen molar-refractivity contribution in [3.8, 4) is 11.4 Å². The van der Waals surface area contributed by atoms with Crippen molar-refractivity contribution < 1.29 is 19.4 Å². The predicted octanol–water partition coefficient (Wildman–Crippen LogP) is 5.43. The molecule has 2 aromatic heterocycles. The van der Waals surface area contributed by atoms with Crippen molar-refractivity contribution in [2.24, 2.45) is 5.92 Å². The first-order chi connectivity index (χ1) is 17.9. The number of rotatable bonds is 9. The second kappa shape index (κ2) is 10.5. The molecule has 37 heavy (non-hydrogen) atoms. The normalized spacial score (nSPS) is 13.9. The highest BCUT2D eigenvalue weighted by Gasteiger charge is 2.32. The second-order valence-electron chi connectivity index (χ2n) is 8.89. The maximum absolute atomic E-state index is 13.6. The number of aromatic nitrogens is 3. The molecule has 1 saturated carbocycles. The van der Waals surface area contributed by atoms with E-state index in [4.69, 9.17) is 27.9 Å². The minimum Gasteiger partial charge on any atom is -0.495 e. The Morgan fingerprint density at radius 1 is 1.16 bits per heavy atom. The Labute approximate surface area is 223 Å². The minimum atomic E-state index is -0.790. The van der Waals surface area contributed by atoms with Crippen molar-refractivity contribution in [3.05, 3.63) is 76.4 Å². The van der Waals surface area contributed by atoms with Crippen LogP contribution in [-0.4, -0.2) is 45.0 Å². The summed E-state index contributed by atoms with van der Waals surface area (Å²) in [6.07, 6.45) is 4.88. The molecule has 0 radical (unpaired) electrons. The van der Waals surface area contributed by atoms with Crippen LogP contribution in [-0.2, 0) is 4.79 Å². The molecule has 8 nitrogen and oxygen atoms in total. The number of aliphatic hydroxyl groups excluding tert-OH is 1. The Balaban J connectivity index is 1.67. The fourth-order valence-electron chi connectivity index (χ4n) is 4.51. The number of ketones is 1. The molecule has 5 rings (SSSR count). The van der Waals surface area contributed by atoms with Gasteiger partial charge >= 0.3 is 0 Å². The van der Waals surface area contributed by atoms with E-state index in [9.17, 15) is 14.7 Å². The summed E-state index contributed by atoms with van der Waals surface area (Å²) in [5.41, 5.74) is 2.72. The molecule has 2 heterocycles. The number of hydrogen-bond acceptors (Lipinski definition) is 6. The van der Waals surface area contributed by atoms with Crippen LogP contribution in [0.1, 0.15) is 41.1 Å². The van der Waals surface area contributed by atoms with Gasteiger partial charge in [0.1, 0.15) is 22.4 Å². The van der Waals surface area contributed by atoms with Crippen molar-refractivity contribution >= 4 is 51.5 Å². The Morgan fingerprint density at radius 2 is 1.89 bits per heavy atom. The van der Waals surface area contributed by atoms with Gasteiger partial charge in [0, 0.05) is 30.0 Å². The number of carbonyl (C=O) groups is 2. The Kier molecular flexibility index (Phi) is 7.15. The van der Waals surface area contributed by atoms with Crippen LogP contribution < -0.4 is 10.1 Å². The van der Waals surface area contributed by atoms with Crippen LogP contribution in [0.15, 0.2) is 55.0 Å². The minimum absolute atomic E-state index is 0.000427. The molecule has 1 fully saturated rings. The molecule has 0 aliphatic heterocycles. The lowest BCUT2D eigenvalue weighted by Crippen LogP contribution is -2.18. The number of benzene rings is 2. The number of fused-ring (bicyclic) bond motifs is 1. The molecule has 1 amide bonds. The Morgan fingerprint density at radius 3 is 2.57 bits per heavy atom. The number of aliphatic hydroxyl groups is 1. The van der Waals surface area contributed by atoms with E-state index in [1.54, 1.807) is 13.2 Å². The molecule has 0 bridgehead atoms. The maximum atomic E-state index is 13.6. The molecule has 1 unspecified atom stereocenters. The highest BCUT2D eigenvalue weighted by atomic mass is 35.5. The zero-order valence-electron chi connectivity index (χ0n) is 19.9. The predicted molar refractivity (Wildman–Crippen MR) is 142 cm³/mol. The summed E-state index contributed by atoms with van der Waals surface area (Å²) in [4.78, 5) is 34.3. The van der Waals surface area contributed by atoms with Crippen LogP contribution in [0.25, 0.3) is 16.6 Å². The number of halogens is 2. The van der Waals surface area contributed by atoms with Crippen molar-refractivity contribution in [2.75, 3.05) is 19.0 Å². The first-order valence-electron chi connectivity index (χ1n) is 11.8. The van der Waals surface area contributed by atoms with Gasteiger partial charge in [0.05, 0.1) is 29.6 Å². The van der Waals surface area contributed by atoms with E-state index >= 15 is 0 Å². The van der Waals surface area contributed by atoms with Crippen molar-refractivity contribution in [1.29, 1.82) is 0 Å². The molecule has 190 valence electrons. The summed E-state index contributed by atoms with van der Waals surface area (Å²) < 4.78 is 7.51. The van der Waals surface area contributed by atoms with E-state index in [1.807, 2.05) is 47.2 Å². The molecular weight excluding hydrogens is 515 g/mol. The quantitative estimate of drug-likeness (QED) is 0.217. The number of ether oxygens (including phenoxy) is 1. The first-order valence-corrected chi connectivity index (χ1v) is 12.6. The van der Waals surface area contributed by atoms with E-state index in [0.717, 1.165) is 29.4 Å². The molecule has 2 aromatic carbocycles. The zero-order chi connectivity index (χ0) is 26.1. The van der Waals surface area contributed by atoms with Gasteiger partial charge in [-0.15, -0.1) is 0 Å². The van der Waals surface area contributed by atoms with Crippen molar-refractivity contribution in [2.45, 2.75) is 25.2 Å². The van der Waals surface area contributed by atoms with Gasteiger partial charge in [-0.05, 0) is 55.2 Å². The number of carbonyl (C=O) groups excluding carboxylic acids is 2. The molecule has 1 aliphatic carbocycles. The van der Waals surface area contributed by atoms with E-state index < -0.39 is 11.7 Å². The second-order valence-corrected chi connectivity index (χ2v) is 9.60. The Hall–Kier alpha value is -3.46. The standard InChI is InChI=1S/C27H24Cl2N4O4/c1-37-21-5-3-2-4-20(21)33-10-8-16-12-17(13-19(23(16)33)32-27(36)15-6-7-15)18(9-11-34)24(35)22-25(28)30-14-31-26(22)29/h2-5,8,10,12-15,18,34H,6-7,9,11H2,1H3,(H,32,36). The lowest BCUT2D eigenvalue weighted by molar-refractivity contribution is -0.117. The number of hydrogen-bond donors (Lipinski definition) is 2. The SMILES string of the molecule is COc1ccccc1-n1ccc2cc(C(CCO)C(=O)c3c(Cl)ncnc3Cl)cc(NC(=O)C3CC3)c21. The van der Waals surface area contributed by atoms with E-state index in [2.05, 4.69) is 15.3 Å². The Bertz CT molecular complexity index is 1480. The first kappa shape index (κ1) is 25.2. The molecule has 10 heteroatoms. The third-order valence-corrected chi connectivity index (χ3v) is 7.07. The number of nitrogens with one attached hydrogen (secondary N) is 1. The van der Waals surface area contributed by atoms with Crippen LogP contribution in [0.2, 0.25) is 10.3 Å². The average molecular weight is 539 g/mol. The molecular formula is C27H24Cl2N4O4. The average Bonchev–Trinajstić information content (AvgIpc) is 3.66. The van der Waals surface area contributed by atoms with E-state index in [1.165, 1.54) is 6.33 Å². The smallest absolute Gasteiger partial charge is 0.227 e. The van der Waals surface area contributed by atoms with Gasteiger partial charge in [0.2, 0.25) is 5.91 Å². The van der Waals surface area contributed by atoms with Gasteiger partial charge in [-0.1, -0.05) is 35.3 Å². The summed E-state index contributed by atoms with van der Waals surface area (Å²) in [6, 6.07) is 13.1. The third kappa shape index (κ3) is 4.92. The third-order valence-electron chi connectivity index (χ3n) is 6.49. The van der Waals surface area contributed by atoms with Gasteiger partial charge in [-0.3, -0.25) is 9.59 Å². The number of amides is 1. The van der Waals surface area contributed by atoms with Gasteiger partial charge in [-0.25, -0.2) is 9.97 Å². The fourth-order valence-corrected chi connectivity index (χ4v) is 5.01. The van der Waals surface area contributed by atoms with Crippen LogP contribution in [0.5, 0.6) is 5.75 Å². The molecule has 0 saturated heterocycles. The lowest BCUT2D eigenvalue weighted by atomic mass is 9.88. The van der Waals surface area contributed by atoms with Crippen molar-refractivity contribution in [1.82, 2.24) is 14.5 Å². The summed E-state index contributed by atoms with van der Waals surface area (Å²) in [7, 11) is 1.60. The summed E-state index contributed by atoms with van der Waals surface area (Å²) in [6.45, 7) is -0.247. The lowest BCUT2D eigenvalue weighted by Gasteiger charge is -2.19. The molecule has 2 N–H and O–H groups in total. The highest BCUT2D eigenvalue weighted by Crippen LogP contribution is 2.38. The van der Waals surface area contributed by atoms with E-state index in [-0.39, 0.29) is 40.7 Å². The van der Waals surface area contributed by atoms with Gasteiger partial charge < -0.3 is 19.7 Å². The largest absolute Gasteiger partial charge is 0.495 e. The highest BCUT2D eigenvalue weighted by molar-refractivity contribution is 6.38. The maximum Gasteiger partial charge on any atom is 0.227 e. The van der Waals surface area contributed by atoms with Gasteiger partial charge in [-0.2, -0.15) is 0 Å².